The van der Waals surface area contributed by atoms with E-state index in [-0.39, 0.29) is 5.78 Å². The third kappa shape index (κ3) is 4.94. The highest BCUT2D eigenvalue weighted by Crippen LogP contribution is 2.19. The summed E-state index contributed by atoms with van der Waals surface area (Å²) in [6, 6.07) is 6.92. The zero-order valence-corrected chi connectivity index (χ0v) is 12.6. The summed E-state index contributed by atoms with van der Waals surface area (Å²) in [6.45, 7) is 7.84. The normalized spacial score (nSPS) is 13.8. The molecule has 112 valence electrons. The number of rotatable bonds is 9. The van der Waals surface area contributed by atoms with Crippen molar-refractivity contribution in [2.75, 3.05) is 19.7 Å². The van der Waals surface area contributed by atoms with Crippen molar-refractivity contribution in [1.29, 1.82) is 0 Å². The molecule has 0 aromatic heterocycles. The maximum atomic E-state index is 12.0. The summed E-state index contributed by atoms with van der Waals surface area (Å²) < 4.78 is 5.56. The molecule has 0 bridgehead atoms. The smallest absolute Gasteiger partial charge is 0.194 e. The second-order valence-corrected chi connectivity index (χ2v) is 5.08. The summed E-state index contributed by atoms with van der Waals surface area (Å²) in [5, 5.41) is 13.2. The fourth-order valence-corrected chi connectivity index (χ4v) is 1.72. The van der Waals surface area contributed by atoms with E-state index in [2.05, 4.69) is 12.2 Å². The minimum atomic E-state index is -1.30. The number of carbonyl (C=O) groups excluding carboxylic acids is 1. The molecule has 1 unspecified atom stereocenters. The van der Waals surface area contributed by atoms with Gasteiger partial charge < -0.3 is 15.2 Å². The van der Waals surface area contributed by atoms with Crippen LogP contribution in [0, 0.1) is 0 Å². The summed E-state index contributed by atoms with van der Waals surface area (Å²) in [6.07, 6.45) is 1.50. The van der Waals surface area contributed by atoms with Gasteiger partial charge in [0.2, 0.25) is 0 Å². The Morgan fingerprint density at radius 1 is 1.25 bits per heavy atom. The first-order valence-corrected chi connectivity index (χ1v) is 7.22. The number of hydrogen-bond donors (Lipinski definition) is 2. The van der Waals surface area contributed by atoms with Crippen LogP contribution in [0.1, 0.15) is 44.0 Å². The highest BCUT2D eigenvalue weighted by molar-refractivity contribution is 6.02. The lowest BCUT2D eigenvalue weighted by molar-refractivity contribution is 0.0390. The number of ether oxygens (including phenoxy) is 1. The van der Waals surface area contributed by atoms with Crippen LogP contribution in [0.15, 0.2) is 24.3 Å². The molecule has 0 aliphatic rings. The van der Waals surface area contributed by atoms with Crippen molar-refractivity contribution in [2.24, 2.45) is 0 Å². The van der Waals surface area contributed by atoms with E-state index >= 15 is 0 Å². The van der Waals surface area contributed by atoms with Gasteiger partial charge in [-0.2, -0.15) is 0 Å². The first-order valence-electron chi connectivity index (χ1n) is 7.22. The average molecular weight is 279 g/mol. The Morgan fingerprint density at radius 2 is 1.90 bits per heavy atom. The Kier molecular flexibility index (Phi) is 6.68. The molecule has 1 atom stereocenters. The summed E-state index contributed by atoms with van der Waals surface area (Å²) in [5.41, 5.74) is -0.791. The Balaban J connectivity index is 2.50. The molecule has 1 rings (SSSR count). The predicted molar refractivity (Wildman–Crippen MR) is 80.3 cm³/mol. The van der Waals surface area contributed by atoms with E-state index in [0.29, 0.717) is 18.6 Å². The summed E-state index contributed by atoms with van der Waals surface area (Å²) >= 11 is 0. The molecule has 0 fully saturated rings. The summed E-state index contributed by atoms with van der Waals surface area (Å²) in [7, 11) is 0. The van der Waals surface area contributed by atoms with Crippen LogP contribution in [-0.2, 0) is 0 Å². The van der Waals surface area contributed by atoms with E-state index in [9.17, 15) is 9.90 Å². The van der Waals surface area contributed by atoms with Crippen LogP contribution in [0.25, 0.3) is 0 Å². The van der Waals surface area contributed by atoms with Crippen LogP contribution < -0.4 is 10.1 Å². The molecule has 4 nitrogen and oxygen atoms in total. The maximum absolute atomic E-state index is 12.0. The van der Waals surface area contributed by atoms with Crippen molar-refractivity contribution in [3.8, 4) is 5.75 Å². The van der Waals surface area contributed by atoms with Crippen molar-refractivity contribution in [1.82, 2.24) is 5.32 Å². The van der Waals surface area contributed by atoms with Crippen LogP contribution in [0.5, 0.6) is 5.75 Å². The lowest BCUT2D eigenvalue weighted by atomic mass is 9.92. The highest BCUT2D eigenvalue weighted by atomic mass is 16.5. The van der Waals surface area contributed by atoms with Crippen LogP contribution in [0.3, 0.4) is 0 Å². The van der Waals surface area contributed by atoms with Crippen molar-refractivity contribution in [3.05, 3.63) is 29.8 Å². The number of nitrogens with one attached hydrogen (secondary N) is 1. The molecule has 0 spiro atoms. The topological polar surface area (TPSA) is 58.6 Å². The fourth-order valence-electron chi connectivity index (χ4n) is 1.72. The van der Waals surface area contributed by atoms with Crippen LogP contribution in [0.2, 0.25) is 0 Å². The molecular weight excluding hydrogens is 254 g/mol. The Morgan fingerprint density at radius 3 is 2.45 bits per heavy atom. The lowest BCUT2D eigenvalue weighted by Crippen LogP contribution is -2.34. The molecule has 1 aromatic carbocycles. The number of hydrogen-bond acceptors (Lipinski definition) is 4. The fraction of sp³-hybridized carbons (Fsp3) is 0.562. The van der Waals surface area contributed by atoms with E-state index in [1.807, 2.05) is 0 Å². The van der Waals surface area contributed by atoms with E-state index in [1.54, 1.807) is 38.1 Å². The minimum Gasteiger partial charge on any atom is -0.492 e. The number of benzene rings is 1. The van der Waals surface area contributed by atoms with Gasteiger partial charge >= 0.3 is 0 Å². The predicted octanol–water partition coefficient (Wildman–Crippen LogP) is 2.41. The number of Topliss-reactive ketones (excluding diaryl/α,β-unsaturated/α-hetero) is 1. The number of ketones is 1. The van der Waals surface area contributed by atoms with Crippen molar-refractivity contribution in [2.45, 2.75) is 39.2 Å². The first kappa shape index (κ1) is 16.7. The van der Waals surface area contributed by atoms with Gasteiger partial charge in [0.25, 0.3) is 0 Å². The van der Waals surface area contributed by atoms with Crippen LogP contribution in [0.4, 0.5) is 0 Å². The third-order valence-corrected chi connectivity index (χ3v) is 3.27. The first-order chi connectivity index (χ1) is 9.51. The van der Waals surface area contributed by atoms with Gasteiger partial charge in [-0.3, -0.25) is 4.79 Å². The molecule has 4 heteroatoms. The van der Waals surface area contributed by atoms with Crippen LogP contribution >= 0.6 is 0 Å². The van der Waals surface area contributed by atoms with Gasteiger partial charge in [0.05, 0.1) is 0 Å². The van der Waals surface area contributed by atoms with Crippen molar-refractivity contribution < 1.29 is 14.6 Å². The Hall–Kier alpha value is -1.39. The number of carbonyl (C=O) groups is 1. The molecule has 2 N–H and O–H groups in total. The average Bonchev–Trinajstić information content (AvgIpc) is 2.47. The van der Waals surface area contributed by atoms with Crippen LogP contribution in [-0.4, -0.2) is 36.2 Å². The molecule has 0 aliphatic carbocycles. The van der Waals surface area contributed by atoms with E-state index in [4.69, 9.17) is 4.74 Å². The van der Waals surface area contributed by atoms with E-state index in [0.717, 1.165) is 25.3 Å². The molecule has 0 heterocycles. The van der Waals surface area contributed by atoms with Gasteiger partial charge in [-0.25, -0.2) is 0 Å². The molecule has 20 heavy (non-hydrogen) atoms. The molecule has 0 radical (unpaired) electrons. The standard InChI is InChI=1S/C16H25NO3/c1-4-10-17-11-12-20-14-8-6-13(7-9-14)15(18)16(3,19)5-2/h6-9,17,19H,4-5,10-12H2,1-3H3. The summed E-state index contributed by atoms with van der Waals surface area (Å²) in [5.74, 6) is 0.479. The zero-order valence-electron chi connectivity index (χ0n) is 12.6. The van der Waals surface area contributed by atoms with Gasteiger partial charge in [-0.15, -0.1) is 0 Å². The Bertz CT molecular complexity index is 412. The number of aliphatic hydroxyl groups is 1. The summed E-state index contributed by atoms with van der Waals surface area (Å²) in [4.78, 5) is 12.0. The van der Waals surface area contributed by atoms with Crippen molar-refractivity contribution >= 4 is 5.78 Å². The maximum Gasteiger partial charge on any atom is 0.194 e. The zero-order chi connectivity index (χ0) is 15.0. The second-order valence-electron chi connectivity index (χ2n) is 5.08. The second kappa shape index (κ2) is 8.02. The van der Waals surface area contributed by atoms with Gasteiger partial charge in [-0.1, -0.05) is 13.8 Å². The molecule has 1 aromatic rings. The van der Waals surface area contributed by atoms with Gasteiger partial charge in [0.1, 0.15) is 18.0 Å². The monoisotopic (exact) mass is 279 g/mol. The molecule has 0 aliphatic heterocycles. The van der Waals surface area contributed by atoms with E-state index in [1.165, 1.54) is 0 Å². The van der Waals surface area contributed by atoms with Gasteiger partial charge in [0.15, 0.2) is 5.78 Å². The SMILES string of the molecule is CCCNCCOc1ccc(C(=O)C(C)(O)CC)cc1. The quantitative estimate of drug-likeness (QED) is 0.538. The highest BCUT2D eigenvalue weighted by Gasteiger charge is 2.28. The van der Waals surface area contributed by atoms with Gasteiger partial charge in [0, 0.05) is 12.1 Å². The lowest BCUT2D eigenvalue weighted by Gasteiger charge is -2.19. The minimum absolute atomic E-state index is 0.254. The molecule has 0 amide bonds. The van der Waals surface area contributed by atoms with Gasteiger partial charge in [-0.05, 0) is 50.6 Å². The van der Waals surface area contributed by atoms with Crippen molar-refractivity contribution in [3.63, 3.8) is 0 Å². The molecule has 0 saturated carbocycles. The third-order valence-electron chi connectivity index (χ3n) is 3.27. The Labute approximate surface area is 121 Å². The molecule has 0 saturated heterocycles. The molecular formula is C16H25NO3. The van der Waals surface area contributed by atoms with E-state index < -0.39 is 5.60 Å². The largest absolute Gasteiger partial charge is 0.492 e.